The topological polar surface area (TPSA) is 94.5 Å². The number of anilines is 1. The van der Waals surface area contributed by atoms with Crippen LogP contribution in [-0.2, 0) is 6.18 Å². The van der Waals surface area contributed by atoms with E-state index < -0.39 is 16.7 Å². The zero-order chi connectivity index (χ0) is 20.6. The summed E-state index contributed by atoms with van der Waals surface area (Å²) in [5.74, 6) is -0.183. The number of aromatic nitrogens is 2. The molecule has 152 valence electrons. The first kappa shape index (κ1) is 19.0. The summed E-state index contributed by atoms with van der Waals surface area (Å²) in [6.45, 7) is 0.969. The Morgan fingerprint density at radius 1 is 1.10 bits per heavy atom. The molecule has 3 aromatic rings. The van der Waals surface area contributed by atoms with Crippen LogP contribution >= 0.6 is 0 Å². The highest BCUT2D eigenvalue weighted by Crippen LogP contribution is 2.37. The van der Waals surface area contributed by atoms with Crippen molar-refractivity contribution in [3.63, 3.8) is 0 Å². The summed E-state index contributed by atoms with van der Waals surface area (Å²) in [5, 5.41) is 18.5. The Kier molecular flexibility index (Phi) is 4.73. The maximum absolute atomic E-state index is 13.1. The molecule has 0 atom stereocenters. The van der Waals surface area contributed by atoms with E-state index in [1.54, 1.807) is 6.07 Å². The summed E-state index contributed by atoms with van der Waals surface area (Å²) in [7, 11) is 0. The van der Waals surface area contributed by atoms with E-state index in [0.717, 1.165) is 6.07 Å². The molecule has 2 heterocycles. The number of nitro benzene ring substituents is 1. The summed E-state index contributed by atoms with van der Waals surface area (Å²) >= 11 is 0. The van der Waals surface area contributed by atoms with Crippen LogP contribution in [0, 0.1) is 10.1 Å². The van der Waals surface area contributed by atoms with Crippen LogP contribution in [0.5, 0.6) is 5.75 Å². The summed E-state index contributed by atoms with van der Waals surface area (Å²) in [6.07, 6.45) is -3.90. The van der Waals surface area contributed by atoms with E-state index in [1.807, 2.05) is 4.90 Å². The number of piperidine rings is 1. The van der Waals surface area contributed by atoms with Crippen LogP contribution in [0.2, 0.25) is 0 Å². The first-order valence-corrected chi connectivity index (χ1v) is 8.82. The van der Waals surface area contributed by atoms with Crippen molar-refractivity contribution < 1.29 is 27.5 Å². The van der Waals surface area contributed by atoms with E-state index in [4.69, 9.17) is 4.74 Å². The molecule has 0 bridgehead atoms. The second-order valence-corrected chi connectivity index (χ2v) is 6.62. The molecule has 8 nitrogen and oxygen atoms in total. The molecule has 0 amide bonds. The largest absolute Gasteiger partial charge is 0.490 e. The van der Waals surface area contributed by atoms with Crippen molar-refractivity contribution >= 4 is 22.4 Å². The Morgan fingerprint density at radius 3 is 2.48 bits per heavy atom. The minimum atomic E-state index is -4.48. The van der Waals surface area contributed by atoms with Crippen molar-refractivity contribution in [2.75, 3.05) is 18.0 Å². The lowest BCUT2D eigenvalue weighted by Gasteiger charge is -2.34. The number of hydrogen-bond acceptors (Lipinski definition) is 7. The van der Waals surface area contributed by atoms with Crippen molar-refractivity contribution in [3.8, 4) is 5.75 Å². The zero-order valence-corrected chi connectivity index (χ0v) is 14.9. The fraction of sp³-hybridized carbons (Fsp3) is 0.333. The van der Waals surface area contributed by atoms with Crippen LogP contribution in [-0.4, -0.2) is 34.4 Å². The number of nitro groups is 1. The molecule has 11 heteroatoms. The molecule has 4 rings (SSSR count). The first-order chi connectivity index (χ1) is 13.8. The number of fused-ring (bicyclic) bond motifs is 1. The maximum atomic E-state index is 13.1. The lowest BCUT2D eigenvalue weighted by Crippen LogP contribution is -2.38. The molecule has 1 fully saturated rings. The Morgan fingerprint density at radius 2 is 1.79 bits per heavy atom. The Balaban J connectivity index is 1.49. The Hall–Kier alpha value is -3.37. The highest BCUT2D eigenvalue weighted by atomic mass is 19.4. The van der Waals surface area contributed by atoms with E-state index in [1.165, 1.54) is 24.3 Å². The van der Waals surface area contributed by atoms with Gasteiger partial charge in [-0.2, -0.15) is 13.2 Å². The number of rotatable bonds is 4. The molecule has 0 saturated carbocycles. The molecule has 0 spiro atoms. The molecule has 1 saturated heterocycles. The molecule has 1 aliphatic rings. The predicted octanol–water partition coefficient (Wildman–Crippen LogP) is 4.20. The number of alkyl halides is 3. The minimum absolute atomic E-state index is 0.0602. The third kappa shape index (κ3) is 3.67. The standard InChI is InChI=1S/C18H15F3N4O4/c19-18(20,21)12-3-1-2-4-15(12)28-11-7-9-24(10-8-11)13-5-6-14(25(26)27)17-16(13)22-29-23-17/h1-6,11H,7-10H2. The van der Waals surface area contributed by atoms with Crippen molar-refractivity contribution in [2.24, 2.45) is 0 Å². The van der Waals surface area contributed by atoms with Crippen molar-refractivity contribution in [1.82, 2.24) is 10.3 Å². The van der Waals surface area contributed by atoms with Crippen molar-refractivity contribution in [2.45, 2.75) is 25.1 Å². The summed E-state index contributed by atoms with van der Waals surface area (Å²) < 4.78 is 49.7. The number of para-hydroxylation sites is 1. The van der Waals surface area contributed by atoms with Gasteiger partial charge < -0.3 is 9.64 Å². The van der Waals surface area contributed by atoms with Gasteiger partial charge in [0.1, 0.15) is 11.9 Å². The van der Waals surface area contributed by atoms with Gasteiger partial charge in [0.25, 0.3) is 0 Å². The van der Waals surface area contributed by atoms with Crippen LogP contribution in [0.1, 0.15) is 18.4 Å². The molecule has 0 N–H and O–H groups in total. The zero-order valence-electron chi connectivity index (χ0n) is 14.9. The number of nitrogens with zero attached hydrogens (tertiary/aromatic N) is 4. The highest BCUT2D eigenvalue weighted by Gasteiger charge is 2.35. The molecular formula is C18H15F3N4O4. The quantitative estimate of drug-likeness (QED) is 0.472. The van der Waals surface area contributed by atoms with Gasteiger partial charge in [-0.15, -0.1) is 0 Å². The molecule has 2 aromatic carbocycles. The fourth-order valence-electron chi connectivity index (χ4n) is 3.44. The van der Waals surface area contributed by atoms with E-state index in [9.17, 15) is 23.3 Å². The van der Waals surface area contributed by atoms with Crippen LogP contribution in [0.4, 0.5) is 24.5 Å². The predicted molar refractivity (Wildman–Crippen MR) is 95.8 cm³/mol. The number of ether oxygens (including phenoxy) is 1. The highest BCUT2D eigenvalue weighted by molar-refractivity contribution is 5.93. The summed E-state index contributed by atoms with van der Waals surface area (Å²) in [6, 6.07) is 8.05. The van der Waals surface area contributed by atoms with Gasteiger partial charge in [-0.3, -0.25) is 10.1 Å². The van der Waals surface area contributed by atoms with Gasteiger partial charge in [-0.1, -0.05) is 12.1 Å². The van der Waals surface area contributed by atoms with Gasteiger partial charge >= 0.3 is 11.9 Å². The number of non-ortho nitro benzene ring substituents is 1. The Labute approximate surface area is 162 Å². The average Bonchev–Trinajstić information content (AvgIpc) is 3.17. The van der Waals surface area contributed by atoms with E-state index in [0.29, 0.717) is 31.6 Å². The van der Waals surface area contributed by atoms with Gasteiger partial charge in [0.15, 0.2) is 5.52 Å². The minimum Gasteiger partial charge on any atom is -0.490 e. The van der Waals surface area contributed by atoms with Crippen molar-refractivity contribution in [3.05, 3.63) is 52.1 Å². The van der Waals surface area contributed by atoms with Crippen molar-refractivity contribution in [1.29, 1.82) is 0 Å². The summed E-state index contributed by atoms with van der Waals surface area (Å²) in [4.78, 5) is 12.5. The molecular weight excluding hydrogens is 393 g/mol. The average molecular weight is 408 g/mol. The van der Waals surface area contributed by atoms with Crippen LogP contribution in [0.25, 0.3) is 11.0 Å². The third-order valence-corrected chi connectivity index (χ3v) is 4.84. The fourth-order valence-corrected chi connectivity index (χ4v) is 3.44. The van der Waals surface area contributed by atoms with Gasteiger partial charge in [-0.05, 0) is 28.5 Å². The van der Waals surface area contributed by atoms with Gasteiger partial charge in [0.05, 0.1) is 16.2 Å². The lowest BCUT2D eigenvalue weighted by atomic mass is 10.1. The van der Waals surface area contributed by atoms with Crippen LogP contribution in [0.3, 0.4) is 0 Å². The maximum Gasteiger partial charge on any atom is 0.419 e. The second kappa shape index (κ2) is 7.22. The second-order valence-electron chi connectivity index (χ2n) is 6.62. The molecule has 1 aliphatic heterocycles. The third-order valence-electron chi connectivity index (χ3n) is 4.84. The number of halogens is 3. The van der Waals surface area contributed by atoms with E-state index in [2.05, 4.69) is 14.9 Å². The molecule has 29 heavy (non-hydrogen) atoms. The van der Waals surface area contributed by atoms with Gasteiger partial charge in [-0.25, -0.2) is 4.63 Å². The SMILES string of the molecule is O=[N+]([O-])c1ccc(N2CCC(Oc3ccccc3C(F)(F)F)CC2)c2nonc12. The normalized spacial score (nSPS) is 15.6. The first-order valence-electron chi connectivity index (χ1n) is 8.82. The van der Waals surface area contributed by atoms with Gasteiger partial charge in [0.2, 0.25) is 5.52 Å². The number of benzene rings is 2. The molecule has 1 aromatic heterocycles. The molecule has 0 radical (unpaired) electrons. The smallest absolute Gasteiger partial charge is 0.419 e. The number of hydrogen-bond donors (Lipinski definition) is 0. The summed E-state index contributed by atoms with van der Waals surface area (Å²) in [5.41, 5.74) is -0.0351. The van der Waals surface area contributed by atoms with E-state index in [-0.39, 0.29) is 28.6 Å². The van der Waals surface area contributed by atoms with Crippen LogP contribution < -0.4 is 9.64 Å². The monoisotopic (exact) mass is 408 g/mol. The Bertz CT molecular complexity index is 1050. The van der Waals surface area contributed by atoms with E-state index >= 15 is 0 Å². The van der Waals surface area contributed by atoms with Crippen LogP contribution in [0.15, 0.2) is 41.0 Å². The lowest BCUT2D eigenvalue weighted by molar-refractivity contribution is -0.383. The molecule has 0 unspecified atom stereocenters. The molecule has 0 aliphatic carbocycles. The van der Waals surface area contributed by atoms with Gasteiger partial charge in [0, 0.05) is 32.0 Å².